The van der Waals surface area contributed by atoms with E-state index >= 15 is 0 Å². The smallest absolute Gasteiger partial charge is 0.274 e. The molecule has 314 valence electrons. The molecular weight excluding hydrogens is 781 g/mol. The van der Waals surface area contributed by atoms with E-state index in [-0.39, 0.29) is 24.3 Å². The second-order valence-electron chi connectivity index (χ2n) is 17.8. The van der Waals surface area contributed by atoms with Crippen LogP contribution in [0.3, 0.4) is 0 Å². The lowest BCUT2D eigenvalue weighted by Crippen LogP contribution is -2.54. The summed E-state index contributed by atoms with van der Waals surface area (Å²) in [5.74, 6) is -1.23. The molecule has 1 saturated carbocycles. The van der Waals surface area contributed by atoms with Gasteiger partial charge in [-0.05, 0) is 108 Å². The molecule has 5 amide bonds. The van der Waals surface area contributed by atoms with Crippen molar-refractivity contribution >= 4 is 62.5 Å². The van der Waals surface area contributed by atoms with Gasteiger partial charge in [-0.1, -0.05) is 12.1 Å². The van der Waals surface area contributed by atoms with Crippen LogP contribution in [-0.4, -0.2) is 110 Å². The molecule has 4 fully saturated rings. The summed E-state index contributed by atoms with van der Waals surface area (Å²) in [6.07, 6.45) is 6.86. The Bertz CT molecular complexity index is 2380. The lowest BCUT2D eigenvalue weighted by atomic mass is 9.82. The first kappa shape index (κ1) is 40.3. The predicted octanol–water partition coefficient (Wildman–Crippen LogP) is 5.42. The molecule has 5 aliphatic rings. The molecule has 4 aromatic rings. The van der Waals surface area contributed by atoms with E-state index < -0.39 is 35.3 Å². The number of fused-ring (bicyclic) bond motifs is 4. The van der Waals surface area contributed by atoms with Crippen LogP contribution in [0.15, 0.2) is 48.5 Å². The summed E-state index contributed by atoms with van der Waals surface area (Å²) in [5.41, 5.74) is 3.15. The first-order valence-corrected chi connectivity index (χ1v) is 22.1. The zero-order valence-electron chi connectivity index (χ0n) is 34.3. The van der Waals surface area contributed by atoms with Gasteiger partial charge in [0.05, 0.1) is 32.0 Å². The van der Waals surface area contributed by atoms with Gasteiger partial charge in [0.25, 0.3) is 17.7 Å². The number of benzene rings is 2. The van der Waals surface area contributed by atoms with Crippen molar-refractivity contribution in [2.75, 3.05) is 43.4 Å². The fraction of sp³-hybridized carbons (Fsp3) is 0.489. The highest BCUT2D eigenvalue weighted by Gasteiger charge is 2.46. The quantitative estimate of drug-likeness (QED) is 0.106. The summed E-state index contributed by atoms with van der Waals surface area (Å²) in [7, 11) is 0. The summed E-state index contributed by atoms with van der Waals surface area (Å²) in [6, 6.07) is 14.5. The molecule has 1 aliphatic carbocycles. The number of pyridine rings is 1. The number of hydrogen-bond donors (Lipinski definition) is 4. The zero-order valence-corrected chi connectivity index (χ0v) is 35.1. The molecule has 14 nitrogen and oxygen atoms in total. The summed E-state index contributed by atoms with van der Waals surface area (Å²) in [6.45, 7) is 10.2. The highest BCUT2D eigenvalue weighted by atomic mass is 32.1. The summed E-state index contributed by atoms with van der Waals surface area (Å²) in [5, 5.41) is 20.8. The van der Waals surface area contributed by atoms with Crippen molar-refractivity contribution in [2.45, 2.75) is 102 Å². The molecule has 3 saturated heterocycles. The van der Waals surface area contributed by atoms with Crippen molar-refractivity contribution in [3.63, 3.8) is 0 Å². The fourth-order valence-corrected chi connectivity index (χ4v) is 11.2. The maximum atomic E-state index is 13.5. The first-order chi connectivity index (χ1) is 28.8. The number of rotatable bonds is 12. The Hall–Kier alpha value is -5.09. The SMILES string of the molecule is Cc1cccc(C(=O)Nc2cc3sc([C@H]4CC[C@H](CN5C[C@@H]6C[C@H]5CN6CCCNc5cccc6c5C(=O)N(C5CCC(=O)NC5=O)C6=O)CC4)nc3cc2C(C)(C)O)n1. The number of nitrogens with one attached hydrogen (secondary N) is 3. The van der Waals surface area contributed by atoms with Gasteiger partial charge in [0.15, 0.2) is 0 Å². The van der Waals surface area contributed by atoms with Gasteiger partial charge < -0.3 is 15.7 Å². The number of anilines is 2. The second kappa shape index (κ2) is 16.1. The molecule has 15 heteroatoms. The van der Waals surface area contributed by atoms with Gasteiger partial charge in [0.2, 0.25) is 11.8 Å². The van der Waals surface area contributed by atoms with Crippen LogP contribution in [0.5, 0.6) is 0 Å². The number of likely N-dealkylation sites (tertiary alicyclic amines) is 2. The van der Waals surface area contributed by atoms with E-state index in [1.807, 2.05) is 31.2 Å². The number of carbonyl (C=O) groups is 5. The summed E-state index contributed by atoms with van der Waals surface area (Å²) < 4.78 is 0.995. The monoisotopic (exact) mass is 832 g/mol. The molecule has 2 aromatic heterocycles. The topological polar surface area (TPSA) is 177 Å². The van der Waals surface area contributed by atoms with Crippen LogP contribution >= 0.6 is 11.3 Å². The molecule has 4 aliphatic heterocycles. The van der Waals surface area contributed by atoms with Crippen molar-refractivity contribution in [1.82, 2.24) is 30.0 Å². The second-order valence-corrected chi connectivity index (χ2v) is 18.8. The van der Waals surface area contributed by atoms with E-state index in [4.69, 9.17) is 4.98 Å². The number of nitrogens with zero attached hydrogens (tertiary/aromatic N) is 5. The minimum atomic E-state index is -1.18. The Morgan fingerprint density at radius 2 is 1.70 bits per heavy atom. The fourth-order valence-electron chi connectivity index (χ4n) is 10.1. The maximum absolute atomic E-state index is 13.5. The van der Waals surface area contributed by atoms with Crippen LogP contribution in [0.1, 0.15) is 119 Å². The van der Waals surface area contributed by atoms with Crippen LogP contribution in [0.2, 0.25) is 0 Å². The number of aliphatic hydroxyl groups is 1. The molecule has 2 aromatic carbocycles. The molecular formula is C45H52N8O6S. The Labute approximate surface area is 353 Å². The number of hydrogen-bond acceptors (Lipinski definition) is 12. The van der Waals surface area contributed by atoms with Crippen molar-refractivity contribution in [2.24, 2.45) is 5.92 Å². The number of amides is 5. The highest BCUT2D eigenvalue weighted by Crippen LogP contribution is 2.42. The Morgan fingerprint density at radius 1 is 0.933 bits per heavy atom. The van der Waals surface area contributed by atoms with Crippen molar-refractivity contribution in [3.8, 4) is 0 Å². The average molecular weight is 833 g/mol. The number of carbonyl (C=O) groups excluding carboxylic acids is 5. The third-order valence-electron chi connectivity index (χ3n) is 13.1. The van der Waals surface area contributed by atoms with E-state index in [9.17, 15) is 29.1 Å². The third-order valence-corrected chi connectivity index (χ3v) is 14.3. The molecule has 4 N–H and O–H groups in total. The average Bonchev–Trinajstić information content (AvgIpc) is 3.98. The van der Waals surface area contributed by atoms with Gasteiger partial charge in [-0.2, -0.15) is 0 Å². The maximum Gasteiger partial charge on any atom is 0.274 e. The lowest BCUT2D eigenvalue weighted by molar-refractivity contribution is -0.136. The van der Waals surface area contributed by atoms with Gasteiger partial charge in [0, 0.05) is 79.8 Å². The van der Waals surface area contributed by atoms with E-state index in [1.54, 1.807) is 49.4 Å². The van der Waals surface area contributed by atoms with Gasteiger partial charge in [-0.3, -0.25) is 44.0 Å². The molecule has 1 unspecified atom stereocenters. The Morgan fingerprint density at radius 3 is 2.43 bits per heavy atom. The van der Waals surface area contributed by atoms with Crippen LogP contribution in [0.4, 0.5) is 11.4 Å². The van der Waals surface area contributed by atoms with Crippen LogP contribution < -0.4 is 16.0 Å². The lowest BCUT2D eigenvalue weighted by Gasteiger charge is -2.37. The first-order valence-electron chi connectivity index (χ1n) is 21.3. The zero-order chi connectivity index (χ0) is 41.9. The van der Waals surface area contributed by atoms with Crippen molar-refractivity contribution < 1.29 is 29.1 Å². The van der Waals surface area contributed by atoms with Gasteiger partial charge in [0.1, 0.15) is 11.7 Å². The van der Waals surface area contributed by atoms with Crippen LogP contribution in [0, 0.1) is 12.8 Å². The summed E-state index contributed by atoms with van der Waals surface area (Å²) in [4.78, 5) is 79.7. The largest absolute Gasteiger partial charge is 0.386 e. The molecule has 3 atom stereocenters. The minimum absolute atomic E-state index is 0.0898. The molecule has 9 rings (SSSR count). The molecule has 0 spiro atoms. The molecule has 2 bridgehead atoms. The van der Waals surface area contributed by atoms with E-state index in [1.165, 1.54) is 19.3 Å². The normalized spacial score (nSPS) is 24.7. The van der Waals surface area contributed by atoms with E-state index in [0.29, 0.717) is 58.7 Å². The highest BCUT2D eigenvalue weighted by molar-refractivity contribution is 7.18. The Kier molecular flexibility index (Phi) is 10.8. The number of imide groups is 2. The minimum Gasteiger partial charge on any atom is -0.386 e. The van der Waals surface area contributed by atoms with E-state index in [0.717, 1.165) is 71.3 Å². The van der Waals surface area contributed by atoms with Crippen molar-refractivity contribution in [1.29, 1.82) is 0 Å². The molecule has 60 heavy (non-hydrogen) atoms. The third kappa shape index (κ3) is 7.83. The summed E-state index contributed by atoms with van der Waals surface area (Å²) >= 11 is 1.69. The van der Waals surface area contributed by atoms with Crippen molar-refractivity contribution in [3.05, 3.63) is 81.6 Å². The number of aryl methyl sites for hydroxylation is 1. The number of aromatic nitrogens is 2. The molecule has 0 radical (unpaired) electrons. The van der Waals surface area contributed by atoms with Gasteiger partial charge >= 0.3 is 0 Å². The van der Waals surface area contributed by atoms with Gasteiger partial charge in [-0.25, -0.2) is 9.97 Å². The van der Waals surface area contributed by atoms with E-state index in [2.05, 4.69) is 30.7 Å². The number of thiazole rings is 1. The standard InChI is InChI=1S/C45H52N8O6S/c1-25-7-4-10-33(47-25)40(55)48-34-21-37-35(20-31(34)45(2,3)59)49-42(60-37)27-13-11-26(12-14-27)22-52-24-28-19-29(52)23-51(28)18-6-17-46-32-9-5-8-30-39(32)44(58)53(43(30)57)36-15-16-38(54)50-41(36)56/h4-5,7-10,20-21,26-29,36,46,59H,6,11-19,22-24H2,1-3H3,(H,48,55)(H,50,54,56)/t26-,27-,28-,29-,36?/m0/s1. The number of piperazine rings is 1. The Balaban J connectivity index is 0.745. The molecule has 6 heterocycles. The predicted molar refractivity (Wildman–Crippen MR) is 228 cm³/mol. The van der Waals surface area contributed by atoms with Crippen LogP contribution in [0.25, 0.3) is 10.2 Å². The van der Waals surface area contributed by atoms with Crippen LogP contribution in [-0.2, 0) is 15.2 Å². The number of piperidine rings is 1. The van der Waals surface area contributed by atoms with Gasteiger partial charge in [-0.15, -0.1) is 11.3 Å².